The minimum Gasteiger partial charge on any atom is -0.335 e. The lowest BCUT2D eigenvalue weighted by Gasteiger charge is -2.20. The van der Waals surface area contributed by atoms with Crippen LogP contribution >= 0.6 is 11.3 Å². The van der Waals surface area contributed by atoms with E-state index in [4.69, 9.17) is 0 Å². The standard InChI is InChI=1S/C16H23NO2S/c1-11(2)13-5-7-16(19)17(9-8-13)10-14(18)15-6-4-12(3)20-15/h4,6,11,13H,5,7-10H2,1-3H3. The molecule has 0 N–H and O–H groups in total. The average Bonchev–Trinajstić information content (AvgIpc) is 2.74. The third-order valence-corrected chi connectivity index (χ3v) is 5.19. The molecule has 1 fully saturated rings. The van der Waals surface area contributed by atoms with Crippen molar-refractivity contribution >= 4 is 23.0 Å². The van der Waals surface area contributed by atoms with E-state index in [0.29, 0.717) is 18.3 Å². The first-order valence-corrected chi connectivity index (χ1v) is 8.16. The largest absolute Gasteiger partial charge is 0.335 e. The van der Waals surface area contributed by atoms with Gasteiger partial charge < -0.3 is 4.90 Å². The van der Waals surface area contributed by atoms with E-state index in [9.17, 15) is 9.59 Å². The number of amides is 1. The summed E-state index contributed by atoms with van der Waals surface area (Å²) in [7, 11) is 0. The maximum atomic E-state index is 12.2. The molecule has 1 aliphatic rings. The quantitative estimate of drug-likeness (QED) is 0.796. The first-order chi connectivity index (χ1) is 9.47. The van der Waals surface area contributed by atoms with Gasteiger partial charge >= 0.3 is 0 Å². The van der Waals surface area contributed by atoms with Gasteiger partial charge in [0.1, 0.15) is 0 Å². The highest BCUT2D eigenvalue weighted by molar-refractivity contribution is 7.14. The van der Waals surface area contributed by atoms with Crippen molar-refractivity contribution in [3.63, 3.8) is 0 Å². The summed E-state index contributed by atoms with van der Waals surface area (Å²) >= 11 is 1.51. The molecule has 0 radical (unpaired) electrons. The monoisotopic (exact) mass is 293 g/mol. The fourth-order valence-corrected chi connectivity index (χ4v) is 3.52. The van der Waals surface area contributed by atoms with Gasteiger partial charge in [-0.05, 0) is 43.7 Å². The Morgan fingerprint density at radius 3 is 2.75 bits per heavy atom. The lowest BCUT2D eigenvalue weighted by atomic mass is 9.89. The van der Waals surface area contributed by atoms with E-state index in [1.807, 2.05) is 19.1 Å². The van der Waals surface area contributed by atoms with Gasteiger partial charge in [0.15, 0.2) is 5.78 Å². The van der Waals surface area contributed by atoms with Gasteiger partial charge in [0.25, 0.3) is 0 Å². The highest BCUT2D eigenvalue weighted by Gasteiger charge is 2.25. The van der Waals surface area contributed by atoms with Crippen LogP contribution in [0.3, 0.4) is 0 Å². The Morgan fingerprint density at radius 2 is 2.15 bits per heavy atom. The molecule has 20 heavy (non-hydrogen) atoms. The zero-order valence-corrected chi connectivity index (χ0v) is 13.3. The Morgan fingerprint density at radius 1 is 1.40 bits per heavy atom. The molecule has 0 saturated carbocycles. The minimum absolute atomic E-state index is 0.0689. The second kappa shape index (κ2) is 6.53. The van der Waals surface area contributed by atoms with E-state index in [1.54, 1.807) is 4.90 Å². The third kappa shape index (κ3) is 3.69. The average molecular weight is 293 g/mol. The number of Topliss-reactive ketones (excluding diaryl/α,β-unsaturated/α-hetero) is 1. The van der Waals surface area contributed by atoms with Gasteiger partial charge in [-0.15, -0.1) is 11.3 Å². The molecule has 0 bridgehead atoms. The molecule has 2 heterocycles. The SMILES string of the molecule is Cc1ccc(C(=O)CN2CCC(C(C)C)CCC2=O)s1. The van der Waals surface area contributed by atoms with Crippen molar-refractivity contribution in [2.24, 2.45) is 11.8 Å². The van der Waals surface area contributed by atoms with Crippen LogP contribution in [0.5, 0.6) is 0 Å². The molecule has 0 spiro atoms. The van der Waals surface area contributed by atoms with Gasteiger partial charge in [0, 0.05) is 17.8 Å². The Bertz CT molecular complexity index is 492. The predicted molar refractivity (Wildman–Crippen MR) is 82.1 cm³/mol. The molecule has 3 nitrogen and oxygen atoms in total. The van der Waals surface area contributed by atoms with Crippen LogP contribution in [0.4, 0.5) is 0 Å². The molecule has 1 aromatic rings. The van der Waals surface area contributed by atoms with Crippen LogP contribution in [-0.2, 0) is 4.79 Å². The first-order valence-electron chi connectivity index (χ1n) is 7.34. The highest BCUT2D eigenvalue weighted by atomic mass is 32.1. The van der Waals surface area contributed by atoms with E-state index in [0.717, 1.165) is 29.1 Å². The molecule has 1 unspecified atom stereocenters. The van der Waals surface area contributed by atoms with Crippen LogP contribution < -0.4 is 0 Å². The van der Waals surface area contributed by atoms with Gasteiger partial charge in [-0.2, -0.15) is 0 Å². The Hall–Kier alpha value is -1.16. The fourth-order valence-electron chi connectivity index (χ4n) is 2.73. The molecule has 1 saturated heterocycles. The van der Waals surface area contributed by atoms with Crippen LogP contribution in [0.15, 0.2) is 12.1 Å². The van der Waals surface area contributed by atoms with Crippen LogP contribution in [0.2, 0.25) is 0 Å². The number of thiophene rings is 1. The number of ketones is 1. The fraction of sp³-hybridized carbons (Fsp3) is 0.625. The van der Waals surface area contributed by atoms with Gasteiger partial charge in [0.05, 0.1) is 11.4 Å². The topological polar surface area (TPSA) is 37.4 Å². The number of carbonyl (C=O) groups is 2. The second-order valence-electron chi connectivity index (χ2n) is 5.98. The summed E-state index contributed by atoms with van der Waals surface area (Å²) in [5.74, 6) is 1.41. The molecule has 1 amide bonds. The Labute approximate surface area is 125 Å². The van der Waals surface area contributed by atoms with Crippen molar-refractivity contribution in [2.75, 3.05) is 13.1 Å². The van der Waals surface area contributed by atoms with Gasteiger partial charge in [0.2, 0.25) is 5.91 Å². The minimum atomic E-state index is 0.0689. The van der Waals surface area contributed by atoms with Crippen molar-refractivity contribution < 1.29 is 9.59 Å². The van der Waals surface area contributed by atoms with Crippen LogP contribution in [0.25, 0.3) is 0 Å². The molecule has 1 aliphatic heterocycles. The number of carbonyl (C=O) groups excluding carboxylic acids is 2. The van der Waals surface area contributed by atoms with E-state index in [-0.39, 0.29) is 18.2 Å². The molecular weight excluding hydrogens is 270 g/mol. The summed E-state index contributed by atoms with van der Waals surface area (Å²) in [6, 6.07) is 3.82. The van der Waals surface area contributed by atoms with Crippen molar-refractivity contribution in [3.8, 4) is 0 Å². The summed E-state index contributed by atoms with van der Waals surface area (Å²) in [6.07, 6.45) is 2.55. The van der Waals surface area contributed by atoms with E-state index in [2.05, 4.69) is 13.8 Å². The van der Waals surface area contributed by atoms with Gasteiger partial charge in [-0.25, -0.2) is 0 Å². The molecule has 0 aliphatic carbocycles. The summed E-state index contributed by atoms with van der Waals surface area (Å²) < 4.78 is 0. The molecule has 110 valence electrons. The van der Waals surface area contributed by atoms with Gasteiger partial charge in [-0.1, -0.05) is 13.8 Å². The highest BCUT2D eigenvalue weighted by Crippen LogP contribution is 2.25. The summed E-state index contributed by atoms with van der Waals surface area (Å²) in [4.78, 5) is 28.0. The van der Waals surface area contributed by atoms with Crippen molar-refractivity contribution in [1.82, 2.24) is 4.90 Å². The molecule has 1 aromatic heterocycles. The number of hydrogen-bond acceptors (Lipinski definition) is 3. The maximum Gasteiger partial charge on any atom is 0.222 e. The Balaban J connectivity index is 1.98. The van der Waals surface area contributed by atoms with Crippen LogP contribution in [-0.4, -0.2) is 29.7 Å². The van der Waals surface area contributed by atoms with Gasteiger partial charge in [-0.3, -0.25) is 9.59 Å². The lowest BCUT2D eigenvalue weighted by Crippen LogP contribution is -2.35. The smallest absolute Gasteiger partial charge is 0.222 e. The van der Waals surface area contributed by atoms with Crippen molar-refractivity contribution in [2.45, 2.75) is 40.0 Å². The second-order valence-corrected chi connectivity index (χ2v) is 7.27. The first kappa shape index (κ1) is 15.2. The summed E-state index contributed by atoms with van der Waals surface area (Å²) in [5.41, 5.74) is 0. The van der Waals surface area contributed by atoms with Crippen molar-refractivity contribution in [1.29, 1.82) is 0 Å². The normalized spacial score (nSPS) is 20.3. The third-order valence-electron chi connectivity index (χ3n) is 4.14. The molecule has 1 atom stereocenters. The molecule has 2 rings (SSSR count). The zero-order valence-electron chi connectivity index (χ0n) is 12.5. The number of hydrogen-bond donors (Lipinski definition) is 0. The summed E-state index contributed by atoms with van der Waals surface area (Å²) in [6.45, 7) is 7.38. The maximum absolute atomic E-state index is 12.2. The number of aryl methyl sites for hydroxylation is 1. The Kier molecular flexibility index (Phi) is 4.97. The summed E-state index contributed by atoms with van der Waals surface area (Å²) in [5, 5.41) is 0. The number of likely N-dealkylation sites (tertiary alicyclic amines) is 1. The van der Waals surface area contributed by atoms with E-state index >= 15 is 0 Å². The zero-order chi connectivity index (χ0) is 14.7. The van der Waals surface area contributed by atoms with E-state index in [1.165, 1.54) is 11.3 Å². The molecular formula is C16H23NO2S. The van der Waals surface area contributed by atoms with E-state index < -0.39 is 0 Å². The molecule has 0 aromatic carbocycles. The lowest BCUT2D eigenvalue weighted by molar-refractivity contribution is -0.130. The van der Waals surface area contributed by atoms with Crippen LogP contribution in [0.1, 0.15) is 47.7 Å². The molecule has 4 heteroatoms. The predicted octanol–water partition coefficient (Wildman–Crippen LogP) is 3.52. The van der Waals surface area contributed by atoms with Crippen LogP contribution in [0, 0.1) is 18.8 Å². The number of rotatable bonds is 4. The number of nitrogens with zero attached hydrogens (tertiary/aromatic N) is 1. The van der Waals surface area contributed by atoms with Crippen molar-refractivity contribution in [3.05, 3.63) is 21.9 Å².